The van der Waals surface area contributed by atoms with E-state index in [9.17, 15) is 4.79 Å². The van der Waals surface area contributed by atoms with Crippen LogP contribution in [0, 0.1) is 0 Å². The molecule has 0 bridgehead atoms. The van der Waals surface area contributed by atoms with E-state index in [4.69, 9.17) is 5.73 Å². The molecule has 0 fully saturated rings. The topological polar surface area (TPSA) is 85.8 Å². The fourth-order valence-corrected chi connectivity index (χ4v) is 2.38. The Morgan fingerprint density at radius 1 is 1.52 bits per heavy atom. The van der Waals surface area contributed by atoms with E-state index < -0.39 is 6.04 Å². The second-order valence-electron chi connectivity index (χ2n) is 4.72. The zero-order chi connectivity index (χ0) is 15.2. The van der Waals surface area contributed by atoms with Gasteiger partial charge in [-0.15, -0.1) is 10.2 Å². The second kappa shape index (κ2) is 7.24. The third-order valence-corrected chi connectivity index (χ3v) is 3.71. The average Bonchev–Trinajstić information content (AvgIpc) is 2.91. The van der Waals surface area contributed by atoms with Gasteiger partial charge in [-0.1, -0.05) is 12.1 Å². The fraction of sp³-hybridized carbons (Fsp3) is 0.357. The van der Waals surface area contributed by atoms with Gasteiger partial charge in [-0.25, -0.2) is 0 Å². The predicted octanol–water partition coefficient (Wildman–Crippen LogP) is 1.50. The number of hydrogen-bond donors (Lipinski definition) is 2. The largest absolute Gasteiger partial charge is 0.325 e. The van der Waals surface area contributed by atoms with E-state index in [1.807, 2.05) is 42.1 Å². The van der Waals surface area contributed by atoms with Gasteiger partial charge in [0.05, 0.1) is 6.04 Å². The molecule has 0 spiro atoms. The van der Waals surface area contributed by atoms with Crippen molar-refractivity contribution in [3.8, 4) is 11.4 Å². The number of amides is 1. The van der Waals surface area contributed by atoms with E-state index in [-0.39, 0.29) is 5.91 Å². The number of aromatic nitrogens is 3. The molecule has 1 aromatic carbocycles. The third kappa shape index (κ3) is 4.05. The molecule has 0 unspecified atom stereocenters. The Labute approximate surface area is 128 Å². The highest BCUT2D eigenvalue weighted by Gasteiger charge is 2.13. The number of carbonyl (C=O) groups is 1. The molecule has 0 saturated carbocycles. The first-order valence-corrected chi connectivity index (χ1v) is 8.01. The lowest BCUT2D eigenvalue weighted by Crippen LogP contribution is -2.36. The quantitative estimate of drug-likeness (QED) is 0.844. The summed E-state index contributed by atoms with van der Waals surface area (Å²) in [5.41, 5.74) is 7.46. The molecule has 1 amide bonds. The molecule has 0 aliphatic rings. The van der Waals surface area contributed by atoms with Crippen molar-refractivity contribution < 1.29 is 4.79 Å². The Bertz CT molecular complexity index is 613. The van der Waals surface area contributed by atoms with Crippen LogP contribution in [-0.4, -0.2) is 38.7 Å². The lowest BCUT2D eigenvalue weighted by molar-refractivity contribution is -0.117. The standard InChI is InChI=1S/C14H19N5OS/c1-19-9-16-18-13(19)10-4-3-5-11(8-10)17-14(20)12(15)6-7-21-2/h3-5,8-9,12H,6-7,15H2,1-2H3,(H,17,20)/t12-/m1/s1. The van der Waals surface area contributed by atoms with Crippen molar-refractivity contribution in [2.45, 2.75) is 12.5 Å². The van der Waals surface area contributed by atoms with Crippen molar-refractivity contribution in [2.75, 3.05) is 17.3 Å². The van der Waals surface area contributed by atoms with Crippen molar-refractivity contribution in [2.24, 2.45) is 12.8 Å². The van der Waals surface area contributed by atoms with Gasteiger partial charge >= 0.3 is 0 Å². The molecule has 2 rings (SSSR count). The maximum Gasteiger partial charge on any atom is 0.241 e. The van der Waals surface area contributed by atoms with Crippen molar-refractivity contribution in [1.82, 2.24) is 14.8 Å². The Balaban J connectivity index is 2.08. The molecule has 3 N–H and O–H groups in total. The van der Waals surface area contributed by atoms with Gasteiger partial charge in [0.1, 0.15) is 6.33 Å². The second-order valence-corrected chi connectivity index (χ2v) is 5.71. The Kier molecular flexibility index (Phi) is 5.35. The molecule has 0 radical (unpaired) electrons. The third-order valence-electron chi connectivity index (χ3n) is 3.07. The van der Waals surface area contributed by atoms with Gasteiger partial charge in [0.2, 0.25) is 5.91 Å². The summed E-state index contributed by atoms with van der Waals surface area (Å²) in [6, 6.07) is 7.00. The van der Waals surface area contributed by atoms with E-state index in [0.29, 0.717) is 12.1 Å². The van der Waals surface area contributed by atoms with Crippen molar-refractivity contribution in [1.29, 1.82) is 0 Å². The normalized spacial score (nSPS) is 12.1. The van der Waals surface area contributed by atoms with Crippen LogP contribution in [0.15, 0.2) is 30.6 Å². The number of hydrogen-bond acceptors (Lipinski definition) is 5. The number of carbonyl (C=O) groups excluding carboxylic acids is 1. The van der Waals surface area contributed by atoms with Gasteiger partial charge in [0, 0.05) is 18.3 Å². The van der Waals surface area contributed by atoms with Crippen LogP contribution in [0.4, 0.5) is 5.69 Å². The van der Waals surface area contributed by atoms with Gasteiger partial charge in [-0.05, 0) is 30.6 Å². The Morgan fingerprint density at radius 2 is 2.33 bits per heavy atom. The number of thioether (sulfide) groups is 1. The molecular formula is C14H19N5OS. The molecule has 7 heteroatoms. The molecule has 6 nitrogen and oxygen atoms in total. The maximum absolute atomic E-state index is 12.0. The molecule has 112 valence electrons. The minimum atomic E-state index is -0.490. The van der Waals surface area contributed by atoms with E-state index in [2.05, 4.69) is 15.5 Å². The van der Waals surface area contributed by atoms with E-state index >= 15 is 0 Å². The van der Waals surface area contributed by atoms with Crippen molar-refractivity contribution in [3.05, 3.63) is 30.6 Å². The number of benzene rings is 1. The van der Waals surface area contributed by atoms with Crippen LogP contribution in [0.1, 0.15) is 6.42 Å². The Morgan fingerprint density at radius 3 is 3.00 bits per heavy atom. The van der Waals surface area contributed by atoms with Gasteiger partial charge < -0.3 is 15.6 Å². The summed E-state index contributed by atoms with van der Waals surface area (Å²) >= 11 is 1.68. The highest BCUT2D eigenvalue weighted by Crippen LogP contribution is 2.20. The van der Waals surface area contributed by atoms with E-state index in [1.165, 1.54) is 0 Å². The lowest BCUT2D eigenvalue weighted by Gasteiger charge is -2.12. The minimum Gasteiger partial charge on any atom is -0.325 e. The number of aryl methyl sites for hydroxylation is 1. The highest BCUT2D eigenvalue weighted by molar-refractivity contribution is 7.98. The smallest absolute Gasteiger partial charge is 0.241 e. The van der Waals surface area contributed by atoms with Gasteiger partial charge in [0.15, 0.2) is 5.82 Å². The lowest BCUT2D eigenvalue weighted by atomic mass is 10.1. The highest BCUT2D eigenvalue weighted by atomic mass is 32.2. The molecule has 0 aliphatic heterocycles. The van der Waals surface area contributed by atoms with E-state index in [1.54, 1.807) is 18.1 Å². The first-order valence-electron chi connectivity index (χ1n) is 6.61. The predicted molar refractivity (Wildman–Crippen MR) is 86.0 cm³/mol. The number of nitrogens with zero attached hydrogens (tertiary/aromatic N) is 3. The van der Waals surface area contributed by atoms with Crippen LogP contribution in [0.3, 0.4) is 0 Å². The zero-order valence-corrected chi connectivity index (χ0v) is 12.9. The summed E-state index contributed by atoms with van der Waals surface area (Å²) in [6.07, 6.45) is 4.30. The molecule has 21 heavy (non-hydrogen) atoms. The first kappa shape index (κ1) is 15.5. The summed E-state index contributed by atoms with van der Waals surface area (Å²) in [5.74, 6) is 1.45. The van der Waals surface area contributed by atoms with Gasteiger partial charge in [-0.3, -0.25) is 4.79 Å². The van der Waals surface area contributed by atoms with Crippen LogP contribution in [-0.2, 0) is 11.8 Å². The van der Waals surface area contributed by atoms with Gasteiger partial charge in [-0.2, -0.15) is 11.8 Å². The first-order chi connectivity index (χ1) is 10.1. The maximum atomic E-state index is 12.0. The summed E-state index contributed by atoms with van der Waals surface area (Å²) in [6.45, 7) is 0. The number of nitrogens with one attached hydrogen (secondary N) is 1. The zero-order valence-electron chi connectivity index (χ0n) is 12.1. The van der Waals surface area contributed by atoms with Crippen LogP contribution in [0.2, 0.25) is 0 Å². The molecule has 1 heterocycles. The van der Waals surface area contributed by atoms with E-state index in [0.717, 1.165) is 17.1 Å². The van der Waals surface area contributed by atoms with Gasteiger partial charge in [0.25, 0.3) is 0 Å². The number of rotatable bonds is 6. The number of anilines is 1. The SMILES string of the molecule is CSCC[C@@H](N)C(=O)Nc1cccc(-c2nncn2C)c1. The molecule has 0 saturated heterocycles. The molecular weight excluding hydrogens is 286 g/mol. The van der Waals surface area contributed by atoms with Crippen LogP contribution < -0.4 is 11.1 Å². The summed E-state index contributed by atoms with van der Waals surface area (Å²) < 4.78 is 1.82. The number of nitrogens with two attached hydrogens (primary N) is 1. The molecule has 1 atom stereocenters. The molecule has 2 aromatic rings. The molecule has 1 aromatic heterocycles. The molecule has 0 aliphatic carbocycles. The fourth-order valence-electron chi connectivity index (χ4n) is 1.89. The van der Waals surface area contributed by atoms with Crippen molar-refractivity contribution in [3.63, 3.8) is 0 Å². The monoisotopic (exact) mass is 305 g/mol. The van der Waals surface area contributed by atoms with Crippen molar-refractivity contribution >= 4 is 23.4 Å². The van der Waals surface area contributed by atoms with Crippen LogP contribution in [0.5, 0.6) is 0 Å². The summed E-state index contributed by atoms with van der Waals surface area (Å²) in [4.78, 5) is 12.0. The summed E-state index contributed by atoms with van der Waals surface area (Å²) in [7, 11) is 1.87. The minimum absolute atomic E-state index is 0.167. The van der Waals surface area contributed by atoms with Crippen LogP contribution >= 0.6 is 11.8 Å². The summed E-state index contributed by atoms with van der Waals surface area (Å²) in [5, 5.41) is 10.8. The van der Waals surface area contributed by atoms with Crippen LogP contribution in [0.25, 0.3) is 11.4 Å². The Hall–Kier alpha value is -1.86. The average molecular weight is 305 g/mol.